The number of benzene rings is 2. The minimum Gasteiger partial charge on any atom is -0.458 e. The number of carbonyl (C=O) groups is 3. The molecule has 0 unspecified atom stereocenters. The lowest BCUT2D eigenvalue weighted by molar-refractivity contribution is -0.338. The number of ether oxygens (including phenoxy) is 4. The zero-order valence-corrected chi connectivity index (χ0v) is 26.6. The zero-order chi connectivity index (χ0) is 33.5. The summed E-state index contributed by atoms with van der Waals surface area (Å²) in [5, 5.41) is 23.9. The van der Waals surface area contributed by atoms with Gasteiger partial charge in [-0.3, -0.25) is 4.98 Å². The highest BCUT2D eigenvalue weighted by molar-refractivity contribution is 5.90. The topological polar surface area (TPSA) is 141 Å². The average molecular weight is 642 g/mol. The molecule has 10 heteroatoms. The number of aliphatic hydroxyl groups is 2. The second kappa shape index (κ2) is 12.3. The van der Waals surface area contributed by atoms with E-state index in [1.165, 1.54) is 18.5 Å². The average Bonchev–Trinajstić information content (AvgIpc) is 3.24. The SMILES string of the molecule is CC1(C)O[C@]23[C@H](OC(=O)c4cccnc4)[C@H]1C[C@@H](OC(=O)/C=C\c1ccccc1)[C@]2(CO)[C@@H](OC(=O)c1ccccc1)CC[C@]3(C)O. The molecule has 1 spiro atoms. The van der Waals surface area contributed by atoms with Crippen LogP contribution in [0.4, 0.5) is 0 Å². The van der Waals surface area contributed by atoms with E-state index in [0.29, 0.717) is 0 Å². The molecule has 3 aliphatic rings. The summed E-state index contributed by atoms with van der Waals surface area (Å²) < 4.78 is 25.5. The van der Waals surface area contributed by atoms with Crippen LogP contribution in [-0.4, -0.2) is 74.8 Å². The summed E-state index contributed by atoms with van der Waals surface area (Å²) in [5.41, 5.74) is -5.13. The quantitative estimate of drug-likeness (QED) is 0.204. The second-order valence-corrected chi connectivity index (χ2v) is 13.3. The molecular weight excluding hydrogens is 602 g/mol. The van der Waals surface area contributed by atoms with Crippen LogP contribution in [0.2, 0.25) is 0 Å². The monoisotopic (exact) mass is 641 g/mol. The van der Waals surface area contributed by atoms with Crippen molar-refractivity contribution in [2.24, 2.45) is 11.3 Å². The molecule has 2 N–H and O–H groups in total. The number of hydrogen-bond acceptors (Lipinski definition) is 10. The number of aromatic nitrogens is 1. The molecule has 2 saturated carbocycles. The van der Waals surface area contributed by atoms with Crippen molar-refractivity contribution in [3.8, 4) is 0 Å². The number of rotatable bonds is 8. The smallest absolute Gasteiger partial charge is 0.340 e. The van der Waals surface area contributed by atoms with E-state index in [1.54, 1.807) is 55.5 Å². The van der Waals surface area contributed by atoms with Gasteiger partial charge in [-0.1, -0.05) is 48.5 Å². The van der Waals surface area contributed by atoms with Crippen LogP contribution in [0.5, 0.6) is 0 Å². The van der Waals surface area contributed by atoms with E-state index in [4.69, 9.17) is 18.9 Å². The molecule has 246 valence electrons. The Morgan fingerprint density at radius 1 is 0.894 bits per heavy atom. The van der Waals surface area contributed by atoms with Crippen molar-refractivity contribution in [1.29, 1.82) is 0 Å². The fourth-order valence-corrected chi connectivity index (χ4v) is 8.01. The highest BCUT2D eigenvalue weighted by Gasteiger charge is 2.84. The van der Waals surface area contributed by atoms with E-state index in [0.717, 1.165) is 5.56 Å². The largest absolute Gasteiger partial charge is 0.458 e. The summed E-state index contributed by atoms with van der Waals surface area (Å²) in [6.45, 7) is 4.47. The normalized spacial score (nSPS) is 32.3. The molecule has 0 radical (unpaired) electrons. The van der Waals surface area contributed by atoms with Crippen molar-refractivity contribution in [2.75, 3.05) is 6.61 Å². The molecule has 2 aromatic carbocycles. The van der Waals surface area contributed by atoms with Crippen LogP contribution in [0.1, 0.15) is 66.3 Å². The summed E-state index contributed by atoms with van der Waals surface area (Å²) in [5.74, 6) is -2.63. The molecule has 6 rings (SSSR count). The second-order valence-electron chi connectivity index (χ2n) is 13.3. The number of carbonyl (C=O) groups excluding carboxylic acids is 3. The number of pyridine rings is 1. The van der Waals surface area contributed by atoms with Crippen LogP contribution in [-0.2, 0) is 23.7 Å². The Kier molecular flexibility index (Phi) is 8.54. The Morgan fingerprint density at radius 3 is 2.21 bits per heavy atom. The predicted octanol–water partition coefficient (Wildman–Crippen LogP) is 4.55. The third-order valence-electron chi connectivity index (χ3n) is 10.2. The van der Waals surface area contributed by atoms with Crippen molar-refractivity contribution < 1.29 is 43.5 Å². The van der Waals surface area contributed by atoms with Crippen LogP contribution in [0.25, 0.3) is 6.08 Å². The van der Waals surface area contributed by atoms with Gasteiger partial charge in [-0.15, -0.1) is 0 Å². The summed E-state index contributed by atoms with van der Waals surface area (Å²) in [6.07, 6.45) is 2.74. The Balaban J connectivity index is 1.47. The van der Waals surface area contributed by atoms with Gasteiger partial charge in [0.2, 0.25) is 0 Å². The molecule has 7 atom stereocenters. The Morgan fingerprint density at radius 2 is 1.55 bits per heavy atom. The van der Waals surface area contributed by atoms with Crippen molar-refractivity contribution in [3.63, 3.8) is 0 Å². The molecular formula is C37H39NO9. The van der Waals surface area contributed by atoms with Gasteiger partial charge >= 0.3 is 17.9 Å². The van der Waals surface area contributed by atoms with Gasteiger partial charge in [-0.25, -0.2) is 14.4 Å². The molecule has 10 nitrogen and oxygen atoms in total. The van der Waals surface area contributed by atoms with Gasteiger partial charge < -0.3 is 29.2 Å². The number of nitrogens with zero attached hydrogens (tertiary/aromatic N) is 1. The van der Waals surface area contributed by atoms with Crippen molar-refractivity contribution in [1.82, 2.24) is 4.98 Å². The van der Waals surface area contributed by atoms with Gasteiger partial charge in [0, 0.05) is 24.4 Å². The number of hydrogen-bond donors (Lipinski definition) is 2. The maximum absolute atomic E-state index is 13.6. The molecule has 3 fully saturated rings. The van der Waals surface area contributed by atoms with Crippen molar-refractivity contribution in [3.05, 3.63) is 108 Å². The minimum absolute atomic E-state index is 0.0693. The summed E-state index contributed by atoms with van der Waals surface area (Å²) in [7, 11) is 0. The molecule has 3 aromatic rings. The van der Waals surface area contributed by atoms with Crippen molar-refractivity contribution in [2.45, 2.75) is 75.1 Å². The summed E-state index contributed by atoms with van der Waals surface area (Å²) in [4.78, 5) is 44.7. The third kappa shape index (κ3) is 5.44. The first kappa shape index (κ1) is 32.6. The van der Waals surface area contributed by atoms with E-state index in [-0.39, 0.29) is 30.4 Å². The van der Waals surface area contributed by atoms with Crippen molar-refractivity contribution >= 4 is 24.0 Å². The lowest BCUT2D eigenvalue weighted by atomic mass is 9.47. The zero-order valence-electron chi connectivity index (χ0n) is 26.6. The van der Waals surface area contributed by atoms with Crippen LogP contribution in [0.3, 0.4) is 0 Å². The fraction of sp³-hybridized carbons (Fsp3) is 0.405. The number of aliphatic hydroxyl groups excluding tert-OH is 1. The van der Waals surface area contributed by atoms with Gasteiger partial charge in [-0.2, -0.15) is 0 Å². The number of fused-ring (bicyclic) bond motifs is 1. The minimum atomic E-state index is -1.87. The summed E-state index contributed by atoms with van der Waals surface area (Å²) >= 11 is 0. The van der Waals surface area contributed by atoms with E-state index >= 15 is 0 Å². The van der Waals surface area contributed by atoms with Gasteiger partial charge in [0.25, 0.3) is 0 Å². The van der Waals surface area contributed by atoms with E-state index < -0.39 is 71.0 Å². The molecule has 1 aromatic heterocycles. The van der Waals surface area contributed by atoms with Crippen LogP contribution in [0, 0.1) is 11.3 Å². The first-order valence-electron chi connectivity index (χ1n) is 15.8. The van der Waals surface area contributed by atoms with Crippen LogP contribution >= 0.6 is 0 Å². The van der Waals surface area contributed by atoms with Gasteiger partial charge in [0.1, 0.15) is 29.3 Å². The maximum atomic E-state index is 13.6. The first-order chi connectivity index (χ1) is 22.4. The summed E-state index contributed by atoms with van der Waals surface area (Å²) in [6, 6.07) is 20.8. The molecule has 2 bridgehead atoms. The standard InChI is InChI=1S/C37H39NO9/c1-34(2)27-21-29(44-30(40)17-16-24-11-6-4-7-12-24)36(23-39)28(45-32(41)25-13-8-5-9-14-25)18-19-35(3,43)37(36,47-34)31(27)46-33(42)26-15-10-20-38-22-26/h4-17,20,22,27-29,31,39,43H,18-19,21,23H2,1-3H3/b17-16-/t27-,28+,29-,31-,35+,36+,37+/m1/s1. The molecule has 1 aliphatic heterocycles. The number of esters is 3. The Hall–Kier alpha value is -4.38. The van der Waals surface area contributed by atoms with Crippen LogP contribution in [0.15, 0.2) is 91.3 Å². The van der Waals surface area contributed by atoms with E-state index in [2.05, 4.69) is 4.98 Å². The van der Waals surface area contributed by atoms with Gasteiger partial charge in [0.15, 0.2) is 0 Å². The highest BCUT2D eigenvalue weighted by Crippen LogP contribution is 2.68. The Labute approximate surface area is 273 Å². The molecule has 2 heterocycles. The van der Waals surface area contributed by atoms with Gasteiger partial charge in [-0.05, 0) is 75.9 Å². The Bertz CT molecular complexity index is 1640. The van der Waals surface area contributed by atoms with Gasteiger partial charge in [0.05, 0.1) is 28.9 Å². The van der Waals surface area contributed by atoms with Crippen LogP contribution < -0.4 is 0 Å². The molecule has 0 amide bonds. The molecule has 47 heavy (non-hydrogen) atoms. The molecule has 1 saturated heterocycles. The highest BCUT2D eigenvalue weighted by atomic mass is 16.6. The lowest BCUT2D eigenvalue weighted by Gasteiger charge is -2.64. The maximum Gasteiger partial charge on any atom is 0.340 e. The first-order valence-corrected chi connectivity index (χ1v) is 15.8. The van der Waals surface area contributed by atoms with E-state index in [9.17, 15) is 24.6 Å². The predicted molar refractivity (Wildman–Crippen MR) is 170 cm³/mol. The molecule has 2 aliphatic carbocycles. The third-order valence-corrected chi connectivity index (χ3v) is 10.2. The lowest BCUT2D eigenvalue weighted by Crippen LogP contribution is -2.81. The van der Waals surface area contributed by atoms with E-state index in [1.807, 2.05) is 44.2 Å². The fourth-order valence-electron chi connectivity index (χ4n) is 8.01.